The number of hydrogen-bond donors (Lipinski definition) is 1. The van der Waals surface area contributed by atoms with Gasteiger partial charge in [-0.1, -0.05) is 32.1 Å². The Bertz CT molecular complexity index is 213. The Balaban J connectivity index is 1.74. The van der Waals surface area contributed by atoms with E-state index in [0.29, 0.717) is 12.1 Å². The molecular weight excluding hydrogens is 210 g/mol. The van der Waals surface area contributed by atoms with E-state index in [1.54, 1.807) is 0 Å². The maximum atomic E-state index is 5.70. The summed E-state index contributed by atoms with van der Waals surface area (Å²) in [4.78, 5) is 0. The van der Waals surface area contributed by atoms with Crippen molar-refractivity contribution in [2.45, 2.75) is 70.4 Å². The highest BCUT2D eigenvalue weighted by Crippen LogP contribution is 2.31. The highest BCUT2D eigenvalue weighted by atomic mass is 16.5. The molecule has 0 bridgehead atoms. The number of ether oxygens (including phenoxy) is 1. The van der Waals surface area contributed by atoms with Crippen molar-refractivity contribution >= 4 is 0 Å². The molecule has 3 unspecified atom stereocenters. The number of nitrogens with one attached hydrogen (secondary N) is 1. The van der Waals surface area contributed by atoms with Crippen molar-refractivity contribution in [2.24, 2.45) is 11.8 Å². The summed E-state index contributed by atoms with van der Waals surface area (Å²) in [6.07, 6.45) is 11.8. The van der Waals surface area contributed by atoms with Crippen LogP contribution < -0.4 is 5.32 Å². The van der Waals surface area contributed by atoms with Crippen molar-refractivity contribution in [1.82, 2.24) is 5.32 Å². The van der Waals surface area contributed by atoms with Crippen LogP contribution in [-0.2, 0) is 4.74 Å². The van der Waals surface area contributed by atoms with E-state index in [-0.39, 0.29) is 0 Å². The van der Waals surface area contributed by atoms with Gasteiger partial charge in [0.05, 0.1) is 6.10 Å². The summed E-state index contributed by atoms with van der Waals surface area (Å²) in [5.41, 5.74) is 0. The summed E-state index contributed by atoms with van der Waals surface area (Å²) in [6, 6.07) is 0.675. The molecule has 2 heteroatoms. The molecule has 0 spiro atoms. The normalized spacial score (nSPS) is 32.8. The van der Waals surface area contributed by atoms with E-state index in [1.807, 2.05) is 0 Å². The Morgan fingerprint density at radius 1 is 1.18 bits per heavy atom. The first-order valence-electron chi connectivity index (χ1n) is 7.60. The van der Waals surface area contributed by atoms with Crippen LogP contribution in [0.4, 0.5) is 0 Å². The Morgan fingerprint density at radius 3 is 2.53 bits per heavy atom. The van der Waals surface area contributed by atoms with Gasteiger partial charge in [0.25, 0.3) is 0 Å². The van der Waals surface area contributed by atoms with E-state index in [2.05, 4.69) is 19.3 Å². The number of rotatable bonds is 5. The maximum Gasteiger partial charge on any atom is 0.0590 e. The molecular formula is C15H29NO. The predicted octanol–water partition coefficient (Wildman–Crippen LogP) is 3.36. The van der Waals surface area contributed by atoms with Gasteiger partial charge in [-0.15, -0.1) is 0 Å². The van der Waals surface area contributed by atoms with Crippen LogP contribution in [0.2, 0.25) is 0 Å². The minimum Gasteiger partial charge on any atom is -0.378 e. The van der Waals surface area contributed by atoms with Crippen LogP contribution in [0.3, 0.4) is 0 Å². The lowest BCUT2D eigenvalue weighted by atomic mass is 9.82. The van der Waals surface area contributed by atoms with E-state index >= 15 is 0 Å². The van der Waals surface area contributed by atoms with Crippen LogP contribution in [0.1, 0.15) is 58.3 Å². The second-order valence-electron chi connectivity index (χ2n) is 6.00. The summed E-state index contributed by atoms with van der Waals surface area (Å²) in [5.74, 6) is 1.75. The molecule has 1 aliphatic heterocycles. The van der Waals surface area contributed by atoms with E-state index < -0.39 is 0 Å². The van der Waals surface area contributed by atoms with E-state index in [1.165, 1.54) is 51.4 Å². The van der Waals surface area contributed by atoms with Crippen molar-refractivity contribution in [3.8, 4) is 0 Å². The van der Waals surface area contributed by atoms with Gasteiger partial charge in [-0.25, -0.2) is 0 Å². The first-order valence-corrected chi connectivity index (χ1v) is 7.60. The van der Waals surface area contributed by atoms with Gasteiger partial charge in [0.1, 0.15) is 0 Å². The Labute approximate surface area is 107 Å². The second kappa shape index (κ2) is 6.75. The fraction of sp³-hybridized carbons (Fsp3) is 1.00. The summed E-state index contributed by atoms with van der Waals surface area (Å²) in [5, 5.41) is 3.53. The quantitative estimate of drug-likeness (QED) is 0.794. The van der Waals surface area contributed by atoms with Crippen LogP contribution in [0, 0.1) is 11.8 Å². The highest BCUT2D eigenvalue weighted by molar-refractivity contribution is 4.84. The molecule has 1 aliphatic carbocycles. The van der Waals surface area contributed by atoms with Crippen LogP contribution in [0.5, 0.6) is 0 Å². The third kappa shape index (κ3) is 3.69. The van der Waals surface area contributed by atoms with Gasteiger partial charge < -0.3 is 10.1 Å². The van der Waals surface area contributed by atoms with Gasteiger partial charge in [0, 0.05) is 18.6 Å². The molecule has 0 radical (unpaired) electrons. The van der Waals surface area contributed by atoms with Crippen LogP contribution >= 0.6 is 0 Å². The monoisotopic (exact) mass is 239 g/mol. The maximum absolute atomic E-state index is 5.70. The molecule has 1 saturated carbocycles. The van der Waals surface area contributed by atoms with Gasteiger partial charge in [0.2, 0.25) is 0 Å². The highest BCUT2D eigenvalue weighted by Gasteiger charge is 2.31. The molecule has 3 atom stereocenters. The van der Waals surface area contributed by atoms with Crippen LogP contribution in [0.25, 0.3) is 0 Å². The number of hydrogen-bond acceptors (Lipinski definition) is 2. The fourth-order valence-corrected chi connectivity index (χ4v) is 3.74. The molecule has 1 N–H and O–H groups in total. The zero-order chi connectivity index (χ0) is 12.1. The molecule has 0 aromatic carbocycles. The van der Waals surface area contributed by atoms with Crippen LogP contribution in [-0.4, -0.2) is 25.8 Å². The Hall–Kier alpha value is -0.0800. The second-order valence-corrected chi connectivity index (χ2v) is 6.00. The molecule has 1 heterocycles. The summed E-state index contributed by atoms with van der Waals surface area (Å²) in [6.45, 7) is 3.20. The third-order valence-corrected chi connectivity index (χ3v) is 4.93. The zero-order valence-electron chi connectivity index (χ0n) is 11.6. The van der Waals surface area contributed by atoms with Gasteiger partial charge in [-0.05, 0) is 39.2 Å². The average molecular weight is 239 g/mol. The Morgan fingerprint density at radius 2 is 1.94 bits per heavy atom. The van der Waals surface area contributed by atoms with Crippen molar-refractivity contribution in [2.75, 3.05) is 13.7 Å². The van der Waals surface area contributed by atoms with Crippen molar-refractivity contribution in [3.63, 3.8) is 0 Å². The van der Waals surface area contributed by atoms with Gasteiger partial charge in [-0.3, -0.25) is 0 Å². The van der Waals surface area contributed by atoms with Crippen molar-refractivity contribution < 1.29 is 4.74 Å². The Kier molecular flexibility index (Phi) is 5.30. The average Bonchev–Trinajstić information content (AvgIpc) is 2.78. The van der Waals surface area contributed by atoms with Gasteiger partial charge in [0.15, 0.2) is 0 Å². The fourth-order valence-electron chi connectivity index (χ4n) is 3.74. The van der Waals surface area contributed by atoms with E-state index in [4.69, 9.17) is 4.74 Å². The minimum atomic E-state index is 0.457. The van der Waals surface area contributed by atoms with Crippen molar-refractivity contribution in [1.29, 1.82) is 0 Å². The molecule has 0 aromatic rings. The summed E-state index contributed by atoms with van der Waals surface area (Å²) >= 11 is 0. The summed E-state index contributed by atoms with van der Waals surface area (Å²) in [7, 11) is 2.12. The molecule has 2 fully saturated rings. The lowest BCUT2D eigenvalue weighted by molar-refractivity contribution is 0.0940. The largest absolute Gasteiger partial charge is 0.378 e. The lowest BCUT2D eigenvalue weighted by Gasteiger charge is -2.28. The molecule has 2 nitrogen and oxygen atoms in total. The van der Waals surface area contributed by atoms with E-state index in [9.17, 15) is 0 Å². The van der Waals surface area contributed by atoms with Crippen LogP contribution in [0.15, 0.2) is 0 Å². The zero-order valence-corrected chi connectivity index (χ0v) is 11.6. The molecule has 2 aliphatic rings. The summed E-state index contributed by atoms with van der Waals surface area (Å²) < 4.78 is 5.70. The minimum absolute atomic E-state index is 0.457. The predicted molar refractivity (Wildman–Crippen MR) is 72.2 cm³/mol. The first kappa shape index (κ1) is 13.4. The van der Waals surface area contributed by atoms with Crippen molar-refractivity contribution in [3.05, 3.63) is 0 Å². The third-order valence-electron chi connectivity index (χ3n) is 4.93. The van der Waals surface area contributed by atoms with Gasteiger partial charge >= 0.3 is 0 Å². The SMILES string of the molecule is CNC(CCC1CCCCC1)C1CCOC1C. The molecule has 0 amide bonds. The molecule has 2 rings (SSSR count). The lowest BCUT2D eigenvalue weighted by Crippen LogP contribution is -2.37. The standard InChI is InChI=1S/C15H29NO/c1-12-14(10-11-17-12)15(16-2)9-8-13-6-4-3-5-7-13/h12-16H,3-11H2,1-2H3. The smallest absolute Gasteiger partial charge is 0.0590 e. The topological polar surface area (TPSA) is 21.3 Å². The molecule has 0 aromatic heterocycles. The first-order chi connectivity index (χ1) is 8.31. The molecule has 1 saturated heterocycles. The van der Waals surface area contributed by atoms with Gasteiger partial charge in [-0.2, -0.15) is 0 Å². The molecule has 100 valence electrons. The molecule has 17 heavy (non-hydrogen) atoms. The van der Waals surface area contributed by atoms with E-state index in [0.717, 1.165) is 18.4 Å².